The van der Waals surface area contributed by atoms with Gasteiger partial charge in [0.05, 0.1) is 5.75 Å². The molecule has 0 fully saturated rings. The van der Waals surface area contributed by atoms with Crippen molar-refractivity contribution in [2.45, 2.75) is 24.7 Å². The van der Waals surface area contributed by atoms with Crippen molar-refractivity contribution in [1.29, 1.82) is 0 Å². The van der Waals surface area contributed by atoms with E-state index < -0.39 is 5.91 Å². The van der Waals surface area contributed by atoms with E-state index in [9.17, 15) is 14.4 Å². The van der Waals surface area contributed by atoms with Crippen LogP contribution in [0, 0.1) is 0 Å². The molecule has 9 heteroatoms. The second-order valence-corrected chi connectivity index (χ2v) is 11.6. The van der Waals surface area contributed by atoms with Crippen LogP contribution in [-0.2, 0) is 9.59 Å². The number of halogens is 2. The fourth-order valence-electron chi connectivity index (χ4n) is 3.89. The van der Waals surface area contributed by atoms with Crippen LogP contribution in [0.1, 0.15) is 41.3 Å². The second-order valence-electron chi connectivity index (χ2n) is 9.67. The van der Waals surface area contributed by atoms with E-state index >= 15 is 0 Å². The van der Waals surface area contributed by atoms with E-state index in [1.807, 2.05) is 30.3 Å². The third-order valence-electron chi connectivity index (χ3n) is 6.07. The van der Waals surface area contributed by atoms with Crippen LogP contribution >= 0.6 is 35.0 Å². The van der Waals surface area contributed by atoms with E-state index in [0.717, 1.165) is 10.5 Å². The van der Waals surface area contributed by atoms with Gasteiger partial charge in [0.25, 0.3) is 11.8 Å². The monoisotopic (exact) mass is 617 g/mol. The lowest BCUT2D eigenvalue weighted by molar-refractivity contribution is -0.114. The summed E-state index contributed by atoms with van der Waals surface area (Å²) in [6, 6.07) is 28.5. The van der Waals surface area contributed by atoms with E-state index in [-0.39, 0.29) is 23.3 Å². The molecule has 3 amide bonds. The Kier molecular flexibility index (Phi) is 10.8. The zero-order valence-corrected chi connectivity index (χ0v) is 25.3. The van der Waals surface area contributed by atoms with Crippen molar-refractivity contribution in [2.75, 3.05) is 16.4 Å². The maximum Gasteiger partial charge on any atom is 0.272 e. The molecule has 3 N–H and O–H groups in total. The number of nitrogens with one attached hydrogen (secondary N) is 3. The van der Waals surface area contributed by atoms with Gasteiger partial charge >= 0.3 is 0 Å². The normalized spacial score (nSPS) is 11.2. The minimum atomic E-state index is -0.466. The van der Waals surface area contributed by atoms with Crippen LogP contribution in [0.5, 0.6) is 0 Å². The Balaban J connectivity index is 1.42. The average molecular weight is 619 g/mol. The van der Waals surface area contributed by atoms with Crippen LogP contribution in [0.25, 0.3) is 6.08 Å². The molecule has 0 radical (unpaired) electrons. The molecule has 0 saturated heterocycles. The molecule has 0 atom stereocenters. The average Bonchev–Trinajstić information content (AvgIpc) is 2.96. The van der Waals surface area contributed by atoms with Gasteiger partial charge in [0.2, 0.25) is 5.91 Å². The quantitative estimate of drug-likeness (QED) is 0.123. The number of benzene rings is 4. The molecular weight excluding hydrogens is 589 g/mol. The number of thioether (sulfide) groups is 1. The van der Waals surface area contributed by atoms with Crippen molar-refractivity contribution in [3.63, 3.8) is 0 Å². The molecule has 0 aliphatic carbocycles. The lowest BCUT2D eigenvalue weighted by atomic mass is 10.0. The molecule has 0 aromatic heterocycles. The number of rotatable bonds is 10. The van der Waals surface area contributed by atoms with Crippen molar-refractivity contribution in [1.82, 2.24) is 5.32 Å². The summed E-state index contributed by atoms with van der Waals surface area (Å²) in [6.07, 6.45) is 1.65. The summed E-state index contributed by atoms with van der Waals surface area (Å²) in [7, 11) is 0. The van der Waals surface area contributed by atoms with E-state index in [1.165, 1.54) is 17.3 Å². The third kappa shape index (κ3) is 9.24. The Morgan fingerprint density at radius 3 is 2.05 bits per heavy atom. The number of carbonyl (C=O) groups excluding carboxylic acids is 3. The minimum absolute atomic E-state index is 0.109. The van der Waals surface area contributed by atoms with Crippen LogP contribution in [0.2, 0.25) is 10.0 Å². The topological polar surface area (TPSA) is 87.3 Å². The number of hydrogen-bond donors (Lipinski definition) is 3. The molecule has 0 aliphatic rings. The SMILES string of the molecule is CC(C)c1ccc(/C=C(\NC(=O)c2ccccc2)C(=O)Nc2ccc(SCC(=O)Nc3cc(Cl)cc(Cl)c3)cc2)cc1. The lowest BCUT2D eigenvalue weighted by Gasteiger charge is -2.12. The van der Waals surface area contributed by atoms with Gasteiger partial charge in [0.15, 0.2) is 0 Å². The van der Waals surface area contributed by atoms with Crippen LogP contribution in [0.3, 0.4) is 0 Å². The predicted octanol–water partition coefficient (Wildman–Crippen LogP) is 8.26. The van der Waals surface area contributed by atoms with Gasteiger partial charge in [-0.3, -0.25) is 14.4 Å². The number of hydrogen-bond acceptors (Lipinski definition) is 4. The van der Waals surface area contributed by atoms with Gasteiger partial charge in [-0.25, -0.2) is 0 Å². The van der Waals surface area contributed by atoms with Gasteiger partial charge in [-0.1, -0.05) is 79.5 Å². The molecule has 6 nitrogen and oxygen atoms in total. The number of amides is 3. The molecule has 4 aromatic carbocycles. The van der Waals surface area contributed by atoms with Crippen molar-refractivity contribution >= 4 is 70.1 Å². The van der Waals surface area contributed by atoms with Crippen LogP contribution in [-0.4, -0.2) is 23.5 Å². The Hall–Kier alpha value is -4.04. The van der Waals surface area contributed by atoms with Crippen LogP contribution in [0.15, 0.2) is 108 Å². The first-order valence-corrected chi connectivity index (χ1v) is 14.9. The summed E-state index contributed by atoms with van der Waals surface area (Å²) in [4.78, 5) is 39.4. The fourth-order valence-corrected chi connectivity index (χ4v) is 5.12. The molecule has 0 spiro atoms. The van der Waals surface area contributed by atoms with Gasteiger partial charge in [0.1, 0.15) is 5.70 Å². The smallest absolute Gasteiger partial charge is 0.272 e. The number of anilines is 2. The molecule has 4 aromatic rings. The van der Waals surface area contributed by atoms with Crippen molar-refractivity contribution < 1.29 is 14.4 Å². The summed E-state index contributed by atoms with van der Waals surface area (Å²) >= 11 is 13.3. The van der Waals surface area contributed by atoms with Crippen molar-refractivity contribution in [3.8, 4) is 0 Å². The fraction of sp³-hybridized carbons (Fsp3) is 0.121. The highest BCUT2D eigenvalue weighted by atomic mass is 35.5. The summed E-state index contributed by atoms with van der Waals surface area (Å²) in [6.45, 7) is 4.22. The summed E-state index contributed by atoms with van der Waals surface area (Å²) in [5.74, 6) is -0.514. The van der Waals surface area contributed by atoms with Crippen LogP contribution in [0.4, 0.5) is 11.4 Å². The number of carbonyl (C=O) groups is 3. The molecule has 214 valence electrons. The molecule has 0 unspecified atom stereocenters. The Labute approximate surface area is 259 Å². The lowest BCUT2D eigenvalue weighted by Crippen LogP contribution is -2.30. The summed E-state index contributed by atoms with van der Waals surface area (Å²) in [5.41, 5.74) is 3.57. The molecule has 0 saturated carbocycles. The summed E-state index contributed by atoms with van der Waals surface area (Å²) in [5, 5.41) is 9.25. The van der Waals surface area contributed by atoms with Crippen molar-refractivity contribution in [2.24, 2.45) is 0 Å². The Morgan fingerprint density at radius 1 is 0.786 bits per heavy atom. The Morgan fingerprint density at radius 2 is 1.43 bits per heavy atom. The van der Waals surface area contributed by atoms with Gasteiger partial charge in [-0.05, 0) is 77.7 Å². The predicted molar refractivity (Wildman–Crippen MR) is 173 cm³/mol. The molecular formula is C33H29Cl2N3O3S. The summed E-state index contributed by atoms with van der Waals surface area (Å²) < 4.78 is 0. The maximum absolute atomic E-state index is 13.3. The highest BCUT2D eigenvalue weighted by Gasteiger charge is 2.15. The molecule has 4 rings (SSSR count). The van der Waals surface area contributed by atoms with Gasteiger partial charge < -0.3 is 16.0 Å². The molecule has 42 heavy (non-hydrogen) atoms. The van der Waals surface area contributed by atoms with Gasteiger partial charge in [-0.2, -0.15) is 0 Å². The first-order chi connectivity index (χ1) is 20.2. The molecule has 0 bridgehead atoms. The first-order valence-electron chi connectivity index (χ1n) is 13.1. The third-order valence-corrected chi connectivity index (χ3v) is 7.52. The highest BCUT2D eigenvalue weighted by Crippen LogP contribution is 2.24. The van der Waals surface area contributed by atoms with E-state index in [4.69, 9.17) is 23.2 Å². The zero-order chi connectivity index (χ0) is 30.1. The van der Waals surface area contributed by atoms with Crippen LogP contribution < -0.4 is 16.0 Å². The van der Waals surface area contributed by atoms with Gasteiger partial charge in [-0.15, -0.1) is 11.8 Å². The minimum Gasteiger partial charge on any atom is -0.325 e. The van der Waals surface area contributed by atoms with Crippen molar-refractivity contribution in [3.05, 3.63) is 129 Å². The standard InChI is InChI=1S/C33H29Cl2N3O3S/c1-21(2)23-10-8-22(9-11-23)16-30(38-32(40)24-6-4-3-5-7-24)33(41)37-27-12-14-29(15-13-27)42-20-31(39)36-28-18-25(34)17-26(35)19-28/h3-19,21H,20H2,1-2H3,(H,36,39)(H,37,41)(H,38,40)/b30-16-. The van der Waals surface area contributed by atoms with E-state index in [0.29, 0.717) is 32.9 Å². The first kappa shape index (κ1) is 30.9. The second kappa shape index (κ2) is 14.7. The van der Waals surface area contributed by atoms with Gasteiger partial charge in [0, 0.05) is 31.9 Å². The molecule has 0 heterocycles. The van der Waals surface area contributed by atoms with E-state index in [1.54, 1.807) is 72.8 Å². The Bertz CT molecular complexity index is 1570. The maximum atomic E-state index is 13.3. The highest BCUT2D eigenvalue weighted by molar-refractivity contribution is 8.00. The van der Waals surface area contributed by atoms with E-state index in [2.05, 4.69) is 29.8 Å². The zero-order valence-electron chi connectivity index (χ0n) is 23.0. The largest absolute Gasteiger partial charge is 0.325 e. The molecule has 0 aliphatic heterocycles.